The third kappa shape index (κ3) is 4.62. The Morgan fingerprint density at radius 3 is 2.64 bits per heavy atom. The second kappa shape index (κ2) is 7.01. The molecule has 0 radical (unpaired) electrons. The van der Waals surface area contributed by atoms with Gasteiger partial charge in [-0.3, -0.25) is 9.82 Å². The Morgan fingerprint density at radius 1 is 1.32 bits per heavy atom. The van der Waals surface area contributed by atoms with Gasteiger partial charge in [-0.05, 0) is 19.1 Å². The number of H-pyrrole nitrogens is 1. The molecule has 2 aromatic rings. The molecule has 2 rings (SSSR count). The first kappa shape index (κ1) is 18.6. The second-order valence-electron chi connectivity index (χ2n) is 4.48. The van der Waals surface area contributed by atoms with Crippen molar-refractivity contribution < 1.29 is 35.9 Å². The van der Waals surface area contributed by atoms with E-state index in [0.29, 0.717) is 0 Å². The molecule has 0 fully saturated rings. The highest BCUT2D eigenvalue weighted by Crippen LogP contribution is 2.31. The first-order chi connectivity index (χ1) is 11.6. The maximum absolute atomic E-state index is 12.4. The molecule has 2 N–H and O–H groups in total. The van der Waals surface area contributed by atoms with Crippen molar-refractivity contribution in [3.8, 4) is 5.75 Å². The van der Waals surface area contributed by atoms with Gasteiger partial charge in [-0.1, -0.05) is 12.1 Å². The summed E-state index contributed by atoms with van der Waals surface area (Å²) in [5, 5.41) is 4.92. The Bertz CT molecular complexity index is 864. The lowest BCUT2D eigenvalue weighted by Crippen LogP contribution is -2.21. The Kier molecular flexibility index (Phi) is 5.21. The Morgan fingerprint density at radius 2 is 2.00 bits per heavy atom. The van der Waals surface area contributed by atoms with Crippen LogP contribution in [0.5, 0.6) is 5.75 Å². The number of nitrogens with one attached hydrogen (secondary N) is 2. The van der Waals surface area contributed by atoms with Crippen molar-refractivity contribution in [2.45, 2.75) is 18.3 Å². The molecule has 12 heteroatoms. The summed E-state index contributed by atoms with van der Waals surface area (Å²) in [6, 6.07) is 4.54. The highest BCUT2D eigenvalue weighted by molar-refractivity contribution is 7.92. The summed E-state index contributed by atoms with van der Waals surface area (Å²) in [5.41, 5.74) is -0.854. The molecule has 0 aliphatic rings. The summed E-state index contributed by atoms with van der Waals surface area (Å²) in [6.07, 6.45) is -4.07. The fraction of sp³-hybridized carbons (Fsp3) is 0.231. The zero-order valence-electron chi connectivity index (χ0n) is 12.6. The van der Waals surface area contributed by atoms with E-state index >= 15 is 0 Å². The Hall–Kier alpha value is -2.76. The van der Waals surface area contributed by atoms with E-state index in [0.717, 1.165) is 18.3 Å². The van der Waals surface area contributed by atoms with Gasteiger partial charge in [0.25, 0.3) is 10.0 Å². The maximum Gasteiger partial charge on any atom is 0.573 e. The van der Waals surface area contributed by atoms with Crippen molar-refractivity contribution in [1.82, 2.24) is 10.2 Å². The number of benzene rings is 1. The van der Waals surface area contributed by atoms with Crippen molar-refractivity contribution in [1.29, 1.82) is 0 Å². The zero-order chi connectivity index (χ0) is 18.7. The molecule has 0 saturated carbocycles. The van der Waals surface area contributed by atoms with Gasteiger partial charge in [0.2, 0.25) is 0 Å². The minimum atomic E-state index is -5.01. The van der Waals surface area contributed by atoms with Crippen LogP contribution >= 0.6 is 0 Å². The summed E-state index contributed by atoms with van der Waals surface area (Å²) in [6.45, 7) is 1.52. The predicted octanol–water partition coefficient (Wildman–Crippen LogP) is 2.29. The van der Waals surface area contributed by atoms with Crippen LogP contribution < -0.4 is 9.46 Å². The van der Waals surface area contributed by atoms with Gasteiger partial charge in [-0.25, -0.2) is 4.79 Å². The number of hydrogen-bond donors (Lipinski definition) is 2. The topological polar surface area (TPSA) is 110 Å². The third-order valence-electron chi connectivity index (χ3n) is 2.73. The smallest absolute Gasteiger partial charge is 0.462 e. The Balaban J connectivity index is 2.35. The molecule has 1 aromatic carbocycles. The van der Waals surface area contributed by atoms with E-state index in [1.807, 2.05) is 4.72 Å². The normalized spacial score (nSPS) is 11.8. The molecule has 25 heavy (non-hydrogen) atoms. The van der Waals surface area contributed by atoms with Crippen LogP contribution in [-0.2, 0) is 14.8 Å². The van der Waals surface area contributed by atoms with Gasteiger partial charge in [0.15, 0.2) is 10.8 Å². The van der Waals surface area contributed by atoms with Crippen LogP contribution in [0.1, 0.15) is 17.3 Å². The summed E-state index contributed by atoms with van der Waals surface area (Å²) >= 11 is 0. The van der Waals surface area contributed by atoms with Crippen molar-refractivity contribution >= 4 is 21.7 Å². The average Bonchev–Trinajstić information content (AvgIpc) is 2.98. The average molecular weight is 379 g/mol. The summed E-state index contributed by atoms with van der Waals surface area (Å²) in [4.78, 5) is 11.7. The number of sulfonamides is 1. The minimum Gasteiger partial charge on any atom is -0.462 e. The van der Waals surface area contributed by atoms with Gasteiger partial charge in [0, 0.05) is 0 Å². The SMILES string of the molecule is CCOC(=O)c1cn[nH]c1S(=O)(=O)Nc1ccccc1OC(F)(F)F. The van der Waals surface area contributed by atoms with Crippen LogP contribution in [-0.4, -0.2) is 37.6 Å². The minimum absolute atomic E-state index is 0.000808. The van der Waals surface area contributed by atoms with Crippen LogP contribution in [0.4, 0.5) is 18.9 Å². The molecule has 136 valence electrons. The van der Waals surface area contributed by atoms with Gasteiger partial charge in [-0.15, -0.1) is 13.2 Å². The highest BCUT2D eigenvalue weighted by Gasteiger charge is 2.33. The number of carbonyl (C=O) groups is 1. The van der Waals surface area contributed by atoms with Gasteiger partial charge in [0.05, 0.1) is 18.5 Å². The number of ether oxygens (including phenoxy) is 2. The van der Waals surface area contributed by atoms with Gasteiger partial charge >= 0.3 is 12.3 Å². The van der Waals surface area contributed by atoms with Gasteiger partial charge in [-0.2, -0.15) is 13.5 Å². The molecule has 0 amide bonds. The summed E-state index contributed by atoms with van der Waals surface area (Å²) < 4.78 is 72.4. The molecule has 0 unspecified atom stereocenters. The monoisotopic (exact) mass is 379 g/mol. The Labute approximate surface area is 140 Å². The number of nitrogens with zero attached hydrogens (tertiary/aromatic N) is 1. The number of carbonyl (C=O) groups excluding carboxylic acids is 1. The van der Waals surface area contributed by atoms with Gasteiger partial charge < -0.3 is 9.47 Å². The highest BCUT2D eigenvalue weighted by atomic mass is 32.2. The zero-order valence-corrected chi connectivity index (χ0v) is 13.4. The lowest BCUT2D eigenvalue weighted by atomic mass is 10.3. The van der Waals surface area contributed by atoms with E-state index in [1.54, 1.807) is 0 Å². The number of para-hydroxylation sites is 2. The number of anilines is 1. The summed E-state index contributed by atoms with van der Waals surface area (Å²) in [5.74, 6) is -1.70. The van der Waals surface area contributed by atoms with Crippen LogP contribution in [0.25, 0.3) is 0 Å². The predicted molar refractivity (Wildman–Crippen MR) is 78.5 cm³/mol. The number of aromatic nitrogens is 2. The molecule has 1 aromatic heterocycles. The van der Waals surface area contributed by atoms with E-state index in [1.165, 1.54) is 19.1 Å². The third-order valence-corrected chi connectivity index (χ3v) is 4.06. The molecule has 1 heterocycles. The second-order valence-corrected chi connectivity index (χ2v) is 6.10. The number of rotatable bonds is 6. The van der Waals surface area contributed by atoms with Crippen molar-refractivity contribution in [2.24, 2.45) is 0 Å². The molecule has 8 nitrogen and oxygen atoms in total. The number of halogens is 3. The lowest BCUT2D eigenvalue weighted by Gasteiger charge is -2.14. The first-order valence-corrected chi connectivity index (χ1v) is 8.20. The van der Waals surface area contributed by atoms with Crippen LogP contribution in [0.2, 0.25) is 0 Å². The van der Waals surface area contributed by atoms with Gasteiger partial charge in [0.1, 0.15) is 5.56 Å². The quantitative estimate of drug-likeness (QED) is 0.745. The largest absolute Gasteiger partial charge is 0.573 e. The van der Waals surface area contributed by atoms with Crippen molar-refractivity contribution in [2.75, 3.05) is 11.3 Å². The molecule has 0 atom stereocenters. The van der Waals surface area contributed by atoms with E-state index < -0.39 is 38.8 Å². The lowest BCUT2D eigenvalue weighted by molar-refractivity contribution is -0.274. The fourth-order valence-corrected chi connectivity index (χ4v) is 2.95. The molecule has 0 saturated heterocycles. The molecular formula is C13H12F3N3O5S. The van der Waals surface area contributed by atoms with E-state index in [9.17, 15) is 26.4 Å². The molecule has 0 spiro atoms. The van der Waals surface area contributed by atoms with Crippen LogP contribution in [0.15, 0.2) is 35.5 Å². The molecular weight excluding hydrogens is 367 g/mol. The van der Waals surface area contributed by atoms with E-state index in [2.05, 4.69) is 14.9 Å². The fourth-order valence-electron chi connectivity index (χ4n) is 1.79. The maximum atomic E-state index is 12.4. The molecule has 0 bridgehead atoms. The van der Waals surface area contributed by atoms with E-state index in [4.69, 9.17) is 4.74 Å². The summed E-state index contributed by atoms with van der Waals surface area (Å²) in [7, 11) is -4.46. The number of hydrogen-bond acceptors (Lipinski definition) is 6. The molecule has 0 aliphatic carbocycles. The van der Waals surface area contributed by atoms with E-state index in [-0.39, 0.29) is 12.2 Å². The number of alkyl halides is 3. The van der Waals surface area contributed by atoms with Crippen LogP contribution in [0.3, 0.4) is 0 Å². The first-order valence-electron chi connectivity index (χ1n) is 6.72. The number of esters is 1. The van der Waals surface area contributed by atoms with Crippen LogP contribution in [0, 0.1) is 0 Å². The molecule has 0 aliphatic heterocycles. The van der Waals surface area contributed by atoms with Crippen molar-refractivity contribution in [3.63, 3.8) is 0 Å². The standard InChI is InChI=1S/C13H12F3N3O5S/c1-2-23-12(20)8-7-17-18-11(8)25(21,22)19-9-5-3-4-6-10(9)24-13(14,15)16/h3-7,19H,2H2,1H3,(H,17,18). The number of aromatic amines is 1. The van der Waals surface area contributed by atoms with Crippen molar-refractivity contribution in [3.05, 3.63) is 36.0 Å².